The summed E-state index contributed by atoms with van der Waals surface area (Å²) in [5.41, 5.74) is 2.81. The van der Waals surface area contributed by atoms with Crippen molar-refractivity contribution in [3.63, 3.8) is 0 Å². The van der Waals surface area contributed by atoms with E-state index >= 15 is 0 Å². The van der Waals surface area contributed by atoms with Gasteiger partial charge in [-0.15, -0.1) is 0 Å². The summed E-state index contributed by atoms with van der Waals surface area (Å²) in [6.45, 7) is 0. The number of hydrogen-bond acceptors (Lipinski definition) is 3. The first-order valence-electron chi connectivity index (χ1n) is 6.99. The van der Waals surface area contributed by atoms with Gasteiger partial charge in [0.25, 0.3) is 0 Å². The van der Waals surface area contributed by atoms with Crippen LogP contribution in [0.4, 0.5) is 0 Å². The Kier molecular flexibility index (Phi) is 2.72. The van der Waals surface area contributed by atoms with Gasteiger partial charge in [0.2, 0.25) is 0 Å². The molecule has 0 aliphatic heterocycles. The molecule has 0 amide bonds. The molecule has 2 heterocycles. The largest absolute Gasteiger partial charge is 0.508 e. The maximum absolute atomic E-state index is 12.1. The summed E-state index contributed by atoms with van der Waals surface area (Å²) in [5.74, 6) is 0.235. The molecule has 5 nitrogen and oxygen atoms in total. The quantitative estimate of drug-likeness (QED) is 0.596. The van der Waals surface area contributed by atoms with Gasteiger partial charge in [-0.25, -0.2) is 4.79 Å². The van der Waals surface area contributed by atoms with Crippen LogP contribution in [0.3, 0.4) is 0 Å². The topological polar surface area (TPSA) is 70.4 Å². The summed E-state index contributed by atoms with van der Waals surface area (Å²) in [6, 6.07) is 16.7. The molecule has 0 atom stereocenters. The molecule has 2 aromatic heterocycles. The Labute approximate surface area is 125 Å². The highest BCUT2D eigenvalue weighted by molar-refractivity contribution is 5.93. The molecular weight excluding hydrogens is 278 g/mol. The maximum atomic E-state index is 12.1. The van der Waals surface area contributed by atoms with Gasteiger partial charge >= 0.3 is 5.69 Å². The van der Waals surface area contributed by atoms with Crippen LogP contribution in [0.1, 0.15) is 11.3 Å². The Bertz CT molecular complexity index is 1050. The fraction of sp³-hybridized carbons (Fsp3) is 0.0588. The molecular formula is C17H13N3O2. The van der Waals surface area contributed by atoms with Crippen LogP contribution in [0.2, 0.25) is 0 Å². The third-order valence-corrected chi connectivity index (χ3v) is 3.76. The molecule has 0 spiro atoms. The van der Waals surface area contributed by atoms with Crippen molar-refractivity contribution < 1.29 is 5.11 Å². The molecule has 4 aromatic rings. The Balaban J connectivity index is 1.91. The van der Waals surface area contributed by atoms with Gasteiger partial charge in [0.05, 0.1) is 16.7 Å². The lowest BCUT2D eigenvalue weighted by atomic mass is 10.1. The highest BCUT2D eigenvalue weighted by Crippen LogP contribution is 2.21. The summed E-state index contributed by atoms with van der Waals surface area (Å²) in [6.07, 6.45) is 0.474. The van der Waals surface area contributed by atoms with Crippen LogP contribution < -0.4 is 5.69 Å². The molecule has 0 aliphatic rings. The van der Waals surface area contributed by atoms with Crippen molar-refractivity contribution in [2.45, 2.75) is 6.42 Å². The number of phenols is 1. The smallest absolute Gasteiger partial charge is 0.347 e. The van der Waals surface area contributed by atoms with Gasteiger partial charge in [-0.1, -0.05) is 36.4 Å². The molecule has 0 saturated carbocycles. The molecule has 2 aromatic carbocycles. The number of H-pyrrole nitrogens is 1. The number of hydrogen-bond donors (Lipinski definition) is 2. The Morgan fingerprint density at radius 1 is 1.09 bits per heavy atom. The molecule has 0 radical (unpaired) electrons. The standard InChI is InChI=1S/C17H13N3O2/c21-16-8-4-1-5-11(16)9-12-10-15-13-6-2-3-7-14(13)18-17(22)20(15)19-12/h1-8,10,21H,9H2,(H,18,22). The van der Waals surface area contributed by atoms with Crippen molar-refractivity contribution in [3.8, 4) is 5.75 Å². The normalized spacial score (nSPS) is 11.3. The first-order valence-corrected chi connectivity index (χ1v) is 6.99. The van der Waals surface area contributed by atoms with Crippen LogP contribution in [-0.4, -0.2) is 19.7 Å². The van der Waals surface area contributed by atoms with Crippen molar-refractivity contribution >= 4 is 16.4 Å². The Morgan fingerprint density at radius 2 is 1.86 bits per heavy atom. The van der Waals surface area contributed by atoms with E-state index < -0.39 is 0 Å². The molecule has 4 rings (SSSR count). The average Bonchev–Trinajstić information content (AvgIpc) is 2.94. The summed E-state index contributed by atoms with van der Waals surface area (Å²) in [7, 11) is 0. The van der Waals surface area contributed by atoms with Crippen molar-refractivity contribution in [1.29, 1.82) is 0 Å². The molecule has 0 saturated heterocycles. The molecule has 0 fully saturated rings. The van der Waals surface area contributed by atoms with Gasteiger partial charge in [0.1, 0.15) is 5.75 Å². The van der Waals surface area contributed by atoms with Crippen molar-refractivity contribution in [2.24, 2.45) is 0 Å². The zero-order valence-corrected chi connectivity index (χ0v) is 11.7. The fourth-order valence-electron chi connectivity index (χ4n) is 2.70. The highest BCUT2D eigenvalue weighted by Gasteiger charge is 2.10. The summed E-state index contributed by atoms with van der Waals surface area (Å²) >= 11 is 0. The first kappa shape index (κ1) is 12.6. The molecule has 2 N–H and O–H groups in total. The molecule has 22 heavy (non-hydrogen) atoms. The number of nitrogens with zero attached hydrogens (tertiary/aromatic N) is 2. The van der Waals surface area contributed by atoms with E-state index in [0.29, 0.717) is 6.42 Å². The van der Waals surface area contributed by atoms with E-state index in [1.807, 2.05) is 42.5 Å². The maximum Gasteiger partial charge on any atom is 0.347 e. The minimum absolute atomic E-state index is 0.235. The number of fused-ring (bicyclic) bond motifs is 3. The van der Waals surface area contributed by atoms with Gasteiger partial charge in [-0.05, 0) is 23.8 Å². The fourth-order valence-corrected chi connectivity index (χ4v) is 2.70. The number of phenolic OH excluding ortho intramolecular Hbond substituents is 1. The number of aromatic amines is 1. The van der Waals surface area contributed by atoms with Crippen LogP contribution in [0.5, 0.6) is 5.75 Å². The van der Waals surface area contributed by atoms with Gasteiger partial charge in [0.15, 0.2) is 0 Å². The van der Waals surface area contributed by atoms with E-state index in [1.165, 1.54) is 4.52 Å². The Hall–Kier alpha value is -3.08. The third-order valence-electron chi connectivity index (χ3n) is 3.76. The zero-order chi connectivity index (χ0) is 15.1. The summed E-state index contributed by atoms with van der Waals surface area (Å²) in [5, 5.41) is 15.2. The monoisotopic (exact) mass is 291 g/mol. The van der Waals surface area contributed by atoms with Crippen molar-refractivity contribution in [3.05, 3.63) is 76.3 Å². The molecule has 108 valence electrons. The van der Waals surface area contributed by atoms with E-state index in [1.54, 1.807) is 12.1 Å². The van der Waals surface area contributed by atoms with Gasteiger partial charge < -0.3 is 10.1 Å². The molecule has 0 aliphatic carbocycles. The second-order valence-corrected chi connectivity index (χ2v) is 5.21. The van der Waals surface area contributed by atoms with Crippen molar-refractivity contribution in [1.82, 2.24) is 14.6 Å². The predicted molar refractivity (Wildman–Crippen MR) is 84.2 cm³/mol. The second kappa shape index (κ2) is 4.73. The van der Waals surface area contributed by atoms with Crippen LogP contribution in [0.15, 0.2) is 59.4 Å². The number of para-hydroxylation sites is 2. The highest BCUT2D eigenvalue weighted by atomic mass is 16.3. The van der Waals surface area contributed by atoms with Gasteiger partial charge in [-0.2, -0.15) is 9.61 Å². The lowest BCUT2D eigenvalue weighted by Crippen LogP contribution is -2.17. The minimum Gasteiger partial charge on any atom is -0.508 e. The molecule has 0 bridgehead atoms. The van der Waals surface area contributed by atoms with E-state index in [2.05, 4.69) is 10.1 Å². The van der Waals surface area contributed by atoms with E-state index in [9.17, 15) is 9.90 Å². The number of nitrogens with one attached hydrogen (secondary N) is 1. The van der Waals surface area contributed by atoms with Gasteiger partial charge in [0, 0.05) is 11.8 Å². The summed E-state index contributed by atoms with van der Waals surface area (Å²) in [4.78, 5) is 14.9. The second-order valence-electron chi connectivity index (χ2n) is 5.21. The van der Waals surface area contributed by atoms with E-state index in [0.717, 1.165) is 27.7 Å². The van der Waals surface area contributed by atoms with Crippen molar-refractivity contribution in [2.75, 3.05) is 0 Å². The molecule has 5 heteroatoms. The van der Waals surface area contributed by atoms with Crippen LogP contribution in [0.25, 0.3) is 16.4 Å². The Morgan fingerprint density at radius 3 is 2.73 bits per heavy atom. The number of aromatic hydroxyl groups is 1. The third kappa shape index (κ3) is 1.95. The van der Waals surface area contributed by atoms with E-state index in [-0.39, 0.29) is 11.4 Å². The lowest BCUT2D eigenvalue weighted by Gasteiger charge is -2.00. The molecule has 0 unspecified atom stereocenters. The number of aromatic nitrogens is 3. The number of benzene rings is 2. The summed E-state index contributed by atoms with van der Waals surface area (Å²) < 4.78 is 1.37. The lowest BCUT2D eigenvalue weighted by molar-refractivity contribution is 0.469. The average molecular weight is 291 g/mol. The van der Waals surface area contributed by atoms with Crippen LogP contribution >= 0.6 is 0 Å². The van der Waals surface area contributed by atoms with Crippen LogP contribution in [-0.2, 0) is 6.42 Å². The SMILES string of the molecule is O=c1[nH]c2ccccc2c2cc(Cc3ccccc3O)nn12. The zero-order valence-electron chi connectivity index (χ0n) is 11.7. The minimum atomic E-state index is -0.266. The van der Waals surface area contributed by atoms with Crippen LogP contribution in [0, 0.1) is 0 Å². The van der Waals surface area contributed by atoms with E-state index in [4.69, 9.17) is 0 Å². The first-order chi connectivity index (χ1) is 10.7. The number of rotatable bonds is 2. The van der Waals surface area contributed by atoms with Gasteiger partial charge in [-0.3, -0.25) is 0 Å². The predicted octanol–water partition coefficient (Wildman–Crippen LogP) is 2.47.